The average Bonchev–Trinajstić information content (AvgIpc) is 2.42. The van der Waals surface area contributed by atoms with E-state index in [0.717, 1.165) is 6.42 Å². The molecule has 5 heteroatoms. The normalized spacial score (nSPS) is 9.71. The molecule has 0 bridgehead atoms. The number of carbonyl (C=O) groups is 2. The van der Waals surface area contributed by atoms with Crippen molar-refractivity contribution in [2.75, 3.05) is 20.7 Å². The molecule has 0 radical (unpaired) electrons. The minimum atomic E-state index is -1.09. The summed E-state index contributed by atoms with van der Waals surface area (Å²) >= 11 is 0. The molecule has 0 fully saturated rings. The fraction of sp³-hybridized carbons (Fsp3) is 0.875. The van der Waals surface area contributed by atoms with Crippen LogP contribution in [0.25, 0.3) is 0 Å². The van der Waals surface area contributed by atoms with E-state index in [2.05, 4.69) is 6.92 Å². The van der Waals surface area contributed by atoms with Gasteiger partial charge in [0.25, 0.3) is 0 Å². The molecular formula is C16H33NO4. The third kappa shape index (κ3) is 21.4. The summed E-state index contributed by atoms with van der Waals surface area (Å²) in [6.07, 6.45) is 11.4. The molecule has 0 saturated heterocycles. The first-order valence-electron chi connectivity index (χ1n) is 7.98. The van der Waals surface area contributed by atoms with Crippen molar-refractivity contribution in [2.24, 2.45) is 0 Å². The number of amides is 1. The molecule has 0 aromatic rings. The van der Waals surface area contributed by atoms with Crippen molar-refractivity contribution in [1.82, 2.24) is 4.90 Å². The Bertz CT molecular complexity index is 245. The van der Waals surface area contributed by atoms with Crippen LogP contribution >= 0.6 is 0 Å². The largest absolute Gasteiger partial charge is 0.481 e. The van der Waals surface area contributed by atoms with Crippen LogP contribution < -0.4 is 0 Å². The first-order chi connectivity index (χ1) is 9.95. The van der Waals surface area contributed by atoms with Crippen LogP contribution in [0.2, 0.25) is 0 Å². The van der Waals surface area contributed by atoms with E-state index in [1.807, 2.05) is 0 Å². The summed E-state index contributed by atoms with van der Waals surface area (Å²) < 4.78 is 0. The lowest BCUT2D eigenvalue weighted by atomic mass is 10.1. The Balaban J connectivity index is 0. The number of aliphatic hydroxyl groups excluding tert-OH is 1. The Morgan fingerprint density at radius 3 is 1.57 bits per heavy atom. The van der Waals surface area contributed by atoms with E-state index in [1.165, 1.54) is 70.4 Å². The summed E-state index contributed by atoms with van der Waals surface area (Å²) in [5, 5.41) is 16.6. The van der Waals surface area contributed by atoms with Gasteiger partial charge in [0.2, 0.25) is 5.91 Å². The lowest BCUT2D eigenvalue weighted by molar-refractivity contribution is -0.143. The molecule has 0 rings (SSSR count). The second-order valence-electron chi connectivity index (χ2n) is 5.41. The summed E-state index contributed by atoms with van der Waals surface area (Å²) in [6.45, 7) is 2.62. The van der Waals surface area contributed by atoms with Gasteiger partial charge in [0.15, 0.2) is 0 Å². The van der Waals surface area contributed by atoms with Gasteiger partial charge in [0.05, 0.1) is 0 Å². The number of aliphatic carboxylic acids is 1. The standard InChI is InChI=1S/C11H24O.C5H9NO3/c1-2-3-4-5-6-7-8-9-10-11-12;1-6(2)4(7)3-5(8)9/h12H,2-11H2,1H3;3H2,1-2H3,(H,8,9). The van der Waals surface area contributed by atoms with Gasteiger partial charge in [-0.05, 0) is 6.42 Å². The zero-order chi connectivity index (χ0) is 16.5. The lowest BCUT2D eigenvalue weighted by Gasteiger charge is -2.06. The van der Waals surface area contributed by atoms with Gasteiger partial charge in [-0.15, -0.1) is 0 Å². The molecule has 0 unspecified atom stereocenters. The summed E-state index contributed by atoms with van der Waals surface area (Å²) in [4.78, 5) is 21.6. The van der Waals surface area contributed by atoms with Gasteiger partial charge in [-0.3, -0.25) is 9.59 Å². The number of carbonyl (C=O) groups excluding carboxylic acids is 1. The zero-order valence-corrected chi connectivity index (χ0v) is 13.9. The van der Waals surface area contributed by atoms with Gasteiger partial charge in [-0.2, -0.15) is 0 Å². The molecule has 0 aliphatic carbocycles. The van der Waals surface area contributed by atoms with E-state index >= 15 is 0 Å². The van der Waals surface area contributed by atoms with Crippen LogP contribution in [-0.4, -0.2) is 47.7 Å². The molecule has 1 amide bonds. The van der Waals surface area contributed by atoms with Crippen molar-refractivity contribution in [2.45, 2.75) is 71.1 Å². The van der Waals surface area contributed by atoms with Crippen molar-refractivity contribution < 1.29 is 19.8 Å². The third-order valence-electron chi connectivity index (χ3n) is 3.06. The Kier molecular flexibility index (Phi) is 17.9. The number of unbranched alkanes of at least 4 members (excludes halogenated alkanes) is 8. The molecule has 0 atom stereocenters. The molecule has 5 nitrogen and oxygen atoms in total. The summed E-state index contributed by atoms with van der Waals surface area (Å²) in [5.74, 6) is -1.48. The Morgan fingerprint density at radius 1 is 0.857 bits per heavy atom. The molecule has 21 heavy (non-hydrogen) atoms. The van der Waals surface area contributed by atoms with E-state index in [1.54, 1.807) is 0 Å². The van der Waals surface area contributed by atoms with Crippen molar-refractivity contribution in [3.8, 4) is 0 Å². The molecule has 126 valence electrons. The topological polar surface area (TPSA) is 77.8 Å². The van der Waals surface area contributed by atoms with Crippen LogP contribution in [-0.2, 0) is 9.59 Å². The zero-order valence-electron chi connectivity index (χ0n) is 13.9. The van der Waals surface area contributed by atoms with Crippen molar-refractivity contribution in [1.29, 1.82) is 0 Å². The number of carboxylic acids is 1. The van der Waals surface area contributed by atoms with Crippen molar-refractivity contribution >= 4 is 11.9 Å². The summed E-state index contributed by atoms with van der Waals surface area (Å²) in [7, 11) is 3.04. The van der Waals surface area contributed by atoms with Gasteiger partial charge in [0.1, 0.15) is 6.42 Å². The number of rotatable bonds is 11. The highest BCUT2D eigenvalue weighted by atomic mass is 16.4. The minimum Gasteiger partial charge on any atom is -0.481 e. The van der Waals surface area contributed by atoms with Crippen LogP contribution in [0.5, 0.6) is 0 Å². The van der Waals surface area contributed by atoms with Gasteiger partial charge in [-0.1, -0.05) is 58.3 Å². The number of nitrogens with zero attached hydrogens (tertiary/aromatic N) is 1. The first kappa shape index (κ1) is 22.2. The molecule has 0 heterocycles. The summed E-state index contributed by atoms with van der Waals surface area (Å²) in [6, 6.07) is 0. The highest BCUT2D eigenvalue weighted by Gasteiger charge is 2.07. The number of hydrogen-bond acceptors (Lipinski definition) is 3. The monoisotopic (exact) mass is 303 g/mol. The number of carboxylic acid groups (broad SMARTS) is 1. The lowest BCUT2D eigenvalue weighted by Crippen LogP contribution is -2.23. The van der Waals surface area contributed by atoms with Crippen LogP contribution in [0.15, 0.2) is 0 Å². The molecule has 0 spiro atoms. The highest BCUT2D eigenvalue weighted by Crippen LogP contribution is 2.08. The number of aliphatic hydroxyl groups is 1. The molecule has 0 aromatic heterocycles. The van der Waals surface area contributed by atoms with Gasteiger partial charge in [-0.25, -0.2) is 0 Å². The summed E-state index contributed by atoms with van der Waals surface area (Å²) in [5.41, 5.74) is 0. The highest BCUT2D eigenvalue weighted by molar-refractivity contribution is 5.93. The van der Waals surface area contributed by atoms with E-state index in [-0.39, 0.29) is 5.91 Å². The second kappa shape index (κ2) is 17.0. The SMILES string of the molecule is CCCCCCCCCCCO.CN(C)C(=O)CC(=O)O. The Hall–Kier alpha value is -1.10. The molecule has 0 aromatic carbocycles. The minimum absolute atomic E-state index is 0.371. The first-order valence-corrected chi connectivity index (χ1v) is 7.98. The van der Waals surface area contributed by atoms with Gasteiger partial charge < -0.3 is 15.1 Å². The van der Waals surface area contributed by atoms with Crippen molar-refractivity contribution in [3.05, 3.63) is 0 Å². The van der Waals surface area contributed by atoms with Crippen LogP contribution in [0.4, 0.5) is 0 Å². The van der Waals surface area contributed by atoms with Crippen molar-refractivity contribution in [3.63, 3.8) is 0 Å². The second-order valence-corrected chi connectivity index (χ2v) is 5.41. The van der Waals surface area contributed by atoms with Gasteiger partial charge in [0, 0.05) is 20.7 Å². The Labute approximate surface area is 129 Å². The molecular weight excluding hydrogens is 270 g/mol. The smallest absolute Gasteiger partial charge is 0.312 e. The molecule has 0 aliphatic heterocycles. The maximum Gasteiger partial charge on any atom is 0.312 e. The molecule has 0 aliphatic rings. The van der Waals surface area contributed by atoms with Crippen LogP contribution in [0.1, 0.15) is 71.1 Å². The van der Waals surface area contributed by atoms with E-state index in [0.29, 0.717) is 6.61 Å². The quantitative estimate of drug-likeness (QED) is 0.454. The third-order valence-corrected chi connectivity index (χ3v) is 3.06. The Morgan fingerprint density at radius 2 is 1.29 bits per heavy atom. The molecule has 0 saturated carbocycles. The maximum atomic E-state index is 10.5. The average molecular weight is 303 g/mol. The predicted molar refractivity (Wildman–Crippen MR) is 85.3 cm³/mol. The predicted octanol–water partition coefficient (Wildman–Crippen LogP) is 3.06. The van der Waals surface area contributed by atoms with E-state index in [9.17, 15) is 9.59 Å². The van der Waals surface area contributed by atoms with Crippen LogP contribution in [0, 0.1) is 0 Å². The molecule has 2 N–H and O–H groups in total. The van der Waals surface area contributed by atoms with E-state index < -0.39 is 12.4 Å². The number of hydrogen-bond donors (Lipinski definition) is 2. The van der Waals surface area contributed by atoms with Gasteiger partial charge >= 0.3 is 5.97 Å². The maximum absolute atomic E-state index is 10.5. The van der Waals surface area contributed by atoms with Crippen LogP contribution in [0.3, 0.4) is 0 Å². The fourth-order valence-electron chi connectivity index (χ4n) is 1.71. The van der Waals surface area contributed by atoms with E-state index in [4.69, 9.17) is 10.2 Å². The fourth-order valence-corrected chi connectivity index (χ4v) is 1.71.